The highest BCUT2D eigenvalue weighted by Crippen LogP contribution is 2.39. The van der Waals surface area contributed by atoms with Crippen LogP contribution in [0.2, 0.25) is 0 Å². The third-order valence-corrected chi connectivity index (χ3v) is 8.34. The van der Waals surface area contributed by atoms with Gasteiger partial charge in [-0.15, -0.1) is 0 Å². The van der Waals surface area contributed by atoms with E-state index in [-0.39, 0.29) is 37.6 Å². The number of nitrogens with zero attached hydrogens (tertiary/aromatic N) is 2. The second-order valence-corrected chi connectivity index (χ2v) is 11.5. The van der Waals surface area contributed by atoms with Crippen molar-refractivity contribution in [3.05, 3.63) is 114 Å². The lowest BCUT2D eigenvalue weighted by Crippen LogP contribution is -2.31. The zero-order valence-corrected chi connectivity index (χ0v) is 25.0. The van der Waals surface area contributed by atoms with Crippen LogP contribution in [0.4, 0.5) is 0 Å². The van der Waals surface area contributed by atoms with E-state index < -0.39 is 12.3 Å². The number of carboxylic acids is 1. The summed E-state index contributed by atoms with van der Waals surface area (Å²) >= 11 is 1.55. The van der Waals surface area contributed by atoms with Gasteiger partial charge < -0.3 is 25.0 Å². The number of aliphatic hydroxyl groups is 1. The summed E-state index contributed by atoms with van der Waals surface area (Å²) < 4.78 is 12.9. The summed E-state index contributed by atoms with van der Waals surface area (Å²) in [6, 6.07) is 25.5. The van der Waals surface area contributed by atoms with E-state index in [0.717, 1.165) is 33.4 Å². The van der Waals surface area contributed by atoms with Gasteiger partial charge in [0.25, 0.3) is 0 Å². The average Bonchev–Trinajstić information content (AvgIpc) is 3.07. The molecule has 5 rings (SSSR count). The Labute approximate surface area is 260 Å². The number of carbonyl (C=O) groups excluding carboxylic acids is 1. The summed E-state index contributed by atoms with van der Waals surface area (Å²) in [7, 11) is 0. The number of aliphatic hydroxyl groups excluding tert-OH is 1. The van der Waals surface area contributed by atoms with Crippen molar-refractivity contribution >= 4 is 23.6 Å². The molecule has 1 fully saturated rings. The predicted molar refractivity (Wildman–Crippen MR) is 166 cm³/mol. The van der Waals surface area contributed by atoms with Crippen molar-refractivity contribution < 1.29 is 29.3 Å². The standard InChI is InChI=1S/C34H35N3O6S/c38-21-23-9-11-25(12-10-23)30-19-28(22-44-34-35-17-4-18-36-34)42-33(43-30)26-15-13-24(14-16-26)29-6-2-1-5-27(29)20-37-31(39)7-3-8-32(40)41/h1-2,4-6,9-18,28,30,33,38H,3,7-8,19-22H2,(H,37,39)(H,40,41)/t28-,30+,33+/m1/s1. The number of carbonyl (C=O) groups is 2. The molecule has 0 aliphatic carbocycles. The first kappa shape index (κ1) is 31.3. The maximum absolute atomic E-state index is 12.2. The van der Waals surface area contributed by atoms with Crippen LogP contribution in [0, 0.1) is 0 Å². The van der Waals surface area contributed by atoms with E-state index >= 15 is 0 Å². The van der Waals surface area contributed by atoms with Crippen molar-refractivity contribution in [3.8, 4) is 11.1 Å². The average molecular weight is 614 g/mol. The van der Waals surface area contributed by atoms with E-state index in [0.29, 0.717) is 30.3 Å². The molecule has 3 aromatic carbocycles. The number of amides is 1. The van der Waals surface area contributed by atoms with E-state index in [9.17, 15) is 14.7 Å². The maximum atomic E-state index is 12.2. The van der Waals surface area contributed by atoms with Gasteiger partial charge in [-0.2, -0.15) is 0 Å². The molecule has 1 amide bonds. The van der Waals surface area contributed by atoms with Gasteiger partial charge in [-0.25, -0.2) is 9.97 Å². The number of nitrogens with one attached hydrogen (secondary N) is 1. The van der Waals surface area contributed by atoms with E-state index in [1.165, 1.54) is 0 Å². The van der Waals surface area contributed by atoms with E-state index in [2.05, 4.69) is 15.3 Å². The Kier molecular flexibility index (Phi) is 11.1. The molecule has 0 spiro atoms. The van der Waals surface area contributed by atoms with Crippen molar-refractivity contribution in [2.24, 2.45) is 0 Å². The first-order valence-electron chi connectivity index (χ1n) is 14.6. The molecule has 3 atom stereocenters. The van der Waals surface area contributed by atoms with Gasteiger partial charge in [-0.3, -0.25) is 9.59 Å². The summed E-state index contributed by atoms with van der Waals surface area (Å²) in [5, 5.41) is 21.9. The summed E-state index contributed by atoms with van der Waals surface area (Å²) in [6.45, 7) is 0.336. The molecule has 0 saturated carbocycles. The van der Waals surface area contributed by atoms with Gasteiger partial charge in [-0.05, 0) is 40.3 Å². The topological polar surface area (TPSA) is 131 Å². The summed E-state index contributed by atoms with van der Waals surface area (Å²) in [5.74, 6) is -0.406. The number of ether oxygens (including phenoxy) is 2. The highest BCUT2D eigenvalue weighted by molar-refractivity contribution is 7.99. The quantitative estimate of drug-likeness (QED) is 0.126. The second-order valence-electron chi connectivity index (χ2n) is 10.5. The molecule has 0 radical (unpaired) electrons. The molecule has 2 heterocycles. The number of carboxylic acid groups (broad SMARTS) is 1. The zero-order valence-electron chi connectivity index (χ0n) is 24.2. The molecule has 228 valence electrons. The van der Waals surface area contributed by atoms with E-state index in [1.54, 1.807) is 30.2 Å². The molecular weight excluding hydrogens is 578 g/mol. The highest BCUT2D eigenvalue weighted by atomic mass is 32.2. The Hall–Kier alpha value is -4.09. The Balaban J connectivity index is 1.29. The first-order chi connectivity index (χ1) is 21.5. The number of rotatable bonds is 13. The molecule has 10 heteroatoms. The molecule has 0 bridgehead atoms. The molecular formula is C34H35N3O6S. The fraction of sp³-hybridized carbons (Fsp3) is 0.294. The fourth-order valence-electron chi connectivity index (χ4n) is 5.01. The molecule has 9 nitrogen and oxygen atoms in total. The van der Waals surface area contributed by atoms with Crippen LogP contribution in [-0.2, 0) is 32.2 Å². The van der Waals surface area contributed by atoms with Crippen LogP contribution < -0.4 is 5.32 Å². The molecule has 3 N–H and O–H groups in total. The summed E-state index contributed by atoms with van der Waals surface area (Å²) in [6.07, 6.45) is 3.70. The molecule has 1 aliphatic rings. The third-order valence-electron chi connectivity index (χ3n) is 7.34. The van der Waals surface area contributed by atoms with E-state index in [1.807, 2.05) is 72.8 Å². The van der Waals surface area contributed by atoms with Crippen LogP contribution in [0.5, 0.6) is 0 Å². The first-order valence-corrected chi connectivity index (χ1v) is 15.5. The van der Waals surface area contributed by atoms with Crippen LogP contribution in [0.1, 0.15) is 60.3 Å². The Bertz CT molecular complexity index is 1520. The minimum Gasteiger partial charge on any atom is -0.481 e. The molecule has 0 unspecified atom stereocenters. The lowest BCUT2D eigenvalue weighted by molar-refractivity contribution is -0.245. The number of benzene rings is 3. The van der Waals surface area contributed by atoms with Crippen molar-refractivity contribution in [3.63, 3.8) is 0 Å². The van der Waals surface area contributed by atoms with Gasteiger partial charge >= 0.3 is 5.97 Å². The van der Waals surface area contributed by atoms with Gasteiger partial charge in [0.05, 0.1) is 18.8 Å². The molecule has 1 saturated heterocycles. The van der Waals surface area contributed by atoms with Crippen LogP contribution in [0.15, 0.2) is 96.4 Å². The predicted octanol–water partition coefficient (Wildman–Crippen LogP) is 5.84. The maximum Gasteiger partial charge on any atom is 0.303 e. The Morgan fingerprint density at radius 3 is 2.34 bits per heavy atom. The third kappa shape index (κ3) is 8.73. The molecule has 44 heavy (non-hydrogen) atoms. The highest BCUT2D eigenvalue weighted by Gasteiger charge is 2.32. The monoisotopic (exact) mass is 613 g/mol. The lowest BCUT2D eigenvalue weighted by atomic mass is 9.97. The SMILES string of the molecule is O=C(O)CCCC(=O)NCc1ccccc1-c1ccc([C@H]2O[C@@H](CSc3ncccn3)C[C@@H](c3ccc(CO)cc3)O2)cc1. The summed E-state index contributed by atoms with van der Waals surface area (Å²) in [5.41, 5.74) is 5.71. The van der Waals surface area contributed by atoms with Gasteiger partial charge in [0, 0.05) is 49.5 Å². The Morgan fingerprint density at radius 2 is 1.61 bits per heavy atom. The molecule has 1 aromatic heterocycles. The van der Waals surface area contributed by atoms with Gasteiger partial charge in [0.15, 0.2) is 11.4 Å². The van der Waals surface area contributed by atoms with Crippen molar-refractivity contribution in [1.82, 2.24) is 15.3 Å². The van der Waals surface area contributed by atoms with Crippen LogP contribution in [0.3, 0.4) is 0 Å². The minimum atomic E-state index is -0.904. The van der Waals surface area contributed by atoms with Gasteiger partial charge in [0.1, 0.15) is 0 Å². The van der Waals surface area contributed by atoms with Crippen molar-refractivity contribution in [2.75, 3.05) is 5.75 Å². The fourth-order valence-corrected chi connectivity index (χ4v) is 5.83. The number of aromatic nitrogens is 2. The largest absolute Gasteiger partial charge is 0.481 e. The number of hydrogen-bond acceptors (Lipinski definition) is 8. The zero-order chi connectivity index (χ0) is 30.7. The molecule has 4 aromatic rings. The van der Waals surface area contributed by atoms with Crippen LogP contribution in [0.25, 0.3) is 11.1 Å². The number of aliphatic carboxylic acids is 1. The lowest BCUT2D eigenvalue weighted by Gasteiger charge is -2.36. The van der Waals surface area contributed by atoms with Crippen LogP contribution >= 0.6 is 11.8 Å². The smallest absolute Gasteiger partial charge is 0.303 e. The number of hydrogen-bond donors (Lipinski definition) is 3. The summed E-state index contributed by atoms with van der Waals surface area (Å²) in [4.78, 5) is 31.6. The van der Waals surface area contributed by atoms with Gasteiger partial charge in [0.2, 0.25) is 5.91 Å². The second kappa shape index (κ2) is 15.6. The van der Waals surface area contributed by atoms with Gasteiger partial charge in [-0.1, -0.05) is 84.6 Å². The normalized spacial score (nSPS) is 18.1. The van der Waals surface area contributed by atoms with Crippen molar-refractivity contribution in [1.29, 1.82) is 0 Å². The van der Waals surface area contributed by atoms with Crippen LogP contribution in [-0.4, -0.2) is 43.9 Å². The number of thioether (sulfide) groups is 1. The minimum absolute atomic E-state index is 0.0114. The van der Waals surface area contributed by atoms with E-state index in [4.69, 9.17) is 14.6 Å². The van der Waals surface area contributed by atoms with Crippen molar-refractivity contribution in [2.45, 2.75) is 62.5 Å². The molecule has 1 aliphatic heterocycles. The Morgan fingerprint density at radius 1 is 0.886 bits per heavy atom.